The SMILES string of the molecule is Cc1nn(C)c(CNCCCC(C)CO)c1Cl. The maximum atomic E-state index is 8.90. The van der Waals surface area contributed by atoms with E-state index in [4.69, 9.17) is 16.7 Å². The van der Waals surface area contributed by atoms with Crippen LogP contribution in [-0.4, -0.2) is 28.0 Å². The van der Waals surface area contributed by atoms with E-state index in [-0.39, 0.29) is 6.61 Å². The molecular formula is C12H22ClN3O. The first-order valence-electron chi connectivity index (χ1n) is 6.05. The standard InChI is InChI=1S/C12H22ClN3O/c1-9(8-17)5-4-6-14-7-11-12(13)10(2)15-16(11)3/h9,14,17H,4-8H2,1-3H3. The second-order valence-electron chi connectivity index (χ2n) is 4.58. The summed E-state index contributed by atoms with van der Waals surface area (Å²) in [6, 6.07) is 0. The molecule has 0 fully saturated rings. The van der Waals surface area contributed by atoms with E-state index in [1.165, 1.54) is 0 Å². The summed E-state index contributed by atoms with van der Waals surface area (Å²) in [4.78, 5) is 0. The second-order valence-corrected chi connectivity index (χ2v) is 4.95. The van der Waals surface area contributed by atoms with Crippen LogP contribution in [0.4, 0.5) is 0 Å². The van der Waals surface area contributed by atoms with Gasteiger partial charge in [-0.2, -0.15) is 5.10 Å². The molecule has 1 atom stereocenters. The van der Waals surface area contributed by atoms with Crippen LogP contribution in [0.5, 0.6) is 0 Å². The van der Waals surface area contributed by atoms with Crippen molar-refractivity contribution in [1.82, 2.24) is 15.1 Å². The van der Waals surface area contributed by atoms with Crippen LogP contribution in [-0.2, 0) is 13.6 Å². The summed E-state index contributed by atoms with van der Waals surface area (Å²) >= 11 is 6.14. The fourth-order valence-corrected chi connectivity index (χ4v) is 1.97. The third-order valence-corrected chi connectivity index (χ3v) is 3.41. The minimum atomic E-state index is 0.271. The van der Waals surface area contributed by atoms with Crippen molar-refractivity contribution in [2.45, 2.75) is 33.2 Å². The molecule has 0 aliphatic carbocycles. The molecule has 0 bridgehead atoms. The monoisotopic (exact) mass is 259 g/mol. The number of rotatable bonds is 7. The summed E-state index contributed by atoms with van der Waals surface area (Å²) in [7, 11) is 1.91. The molecule has 1 unspecified atom stereocenters. The molecule has 1 heterocycles. The van der Waals surface area contributed by atoms with Gasteiger partial charge in [0.25, 0.3) is 0 Å². The number of hydrogen-bond acceptors (Lipinski definition) is 3. The fourth-order valence-electron chi connectivity index (χ4n) is 1.75. The molecule has 98 valence electrons. The normalized spacial score (nSPS) is 13.0. The summed E-state index contributed by atoms with van der Waals surface area (Å²) < 4.78 is 1.82. The zero-order chi connectivity index (χ0) is 12.8. The van der Waals surface area contributed by atoms with Crippen molar-refractivity contribution < 1.29 is 5.11 Å². The summed E-state index contributed by atoms with van der Waals surface area (Å²) in [5.41, 5.74) is 1.90. The van der Waals surface area contributed by atoms with Crippen molar-refractivity contribution >= 4 is 11.6 Å². The first-order valence-corrected chi connectivity index (χ1v) is 6.43. The number of hydrogen-bond donors (Lipinski definition) is 2. The predicted octanol–water partition coefficient (Wildman–Crippen LogP) is 1.88. The Morgan fingerprint density at radius 2 is 2.24 bits per heavy atom. The van der Waals surface area contributed by atoms with Crippen molar-refractivity contribution in [3.63, 3.8) is 0 Å². The molecule has 0 saturated carbocycles. The van der Waals surface area contributed by atoms with Gasteiger partial charge in [0.1, 0.15) is 0 Å². The maximum Gasteiger partial charge on any atom is 0.0860 e. The Morgan fingerprint density at radius 1 is 1.53 bits per heavy atom. The van der Waals surface area contributed by atoms with Crippen LogP contribution in [0.3, 0.4) is 0 Å². The van der Waals surface area contributed by atoms with Crippen molar-refractivity contribution in [1.29, 1.82) is 0 Å². The molecule has 17 heavy (non-hydrogen) atoms. The maximum absolute atomic E-state index is 8.90. The number of aliphatic hydroxyl groups excluding tert-OH is 1. The molecule has 2 N–H and O–H groups in total. The minimum absolute atomic E-state index is 0.271. The zero-order valence-electron chi connectivity index (χ0n) is 10.8. The lowest BCUT2D eigenvalue weighted by Crippen LogP contribution is -2.18. The molecule has 0 amide bonds. The molecule has 1 aromatic heterocycles. The molecule has 5 heteroatoms. The number of nitrogens with zero attached hydrogens (tertiary/aromatic N) is 2. The zero-order valence-corrected chi connectivity index (χ0v) is 11.6. The van der Waals surface area contributed by atoms with Gasteiger partial charge in [0.2, 0.25) is 0 Å². The summed E-state index contributed by atoms with van der Waals surface area (Å²) in [5, 5.41) is 17.3. The van der Waals surface area contributed by atoms with Crippen molar-refractivity contribution in [3.8, 4) is 0 Å². The van der Waals surface area contributed by atoms with Gasteiger partial charge >= 0.3 is 0 Å². The number of aliphatic hydroxyl groups is 1. The largest absolute Gasteiger partial charge is 0.396 e. The quantitative estimate of drug-likeness (QED) is 0.735. The average molecular weight is 260 g/mol. The number of aryl methyl sites for hydroxylation is 2. The molecule has 0 saturated heterocycles. The molecular weight excluding hydrogens is 238 g/mol. The van der Waals surface area contributed by atoms with Crippen LogP contribution in [0.15, 0.2) is 0 Å². The van der Waals surface area contributed by atoms with Crippen LogP contribution in [0.1, 0.15) is 31.2 Å². The third-order valence-electron chi connectivity index (χ3n) is 2.92. The lowest BCUT2D eigenvalue weighted by atomic mass is 10.1. The Morgan fingerprint density at radius 3 is 2.76 bits per heavy atom. The number of halogens is 1. The Labute approximate surface area is 108 Å². The highest BCUT2D eigenvalue weighted by Gasteiger charge is 2.09. The van der Waals surface area contributed by atoms with E-state index in [2.05, 4.69) is 17.3 Å². The lowest BCUT2D eigenvalue weighted by Gasteiger charge is -2.08. The third kappa shape index (κ3) is 4.30. The Kier molecular flexibility index (Phi) is 5.95. The number of aromatic nitrogens is 2. The van der Waals surface area contributed by atoms with E-state index in [0.717, 1.165) is 42.3 Å². The first kappa shape index (κ1) is 14.5. The van der Waals surface area contributed by atoms with E-state index < -0.39 is 0 Å². The van der Waals surface area contributed by atoms with Gasteiger partial charge < -0.3 is 10.4 Å². The van der Waals surface area contributed by atoms with E-state index in [1.54, 1.807) is 0 Å². The molecule has 0 aliphatic rings. The highest BCUT2D eigenvalue weighted by atomic mass is 35.5. The van der Waals surface area contributed by atoms with Gasteiger partial charge in [-0.05, 0) is 32.2 Å². The molecule has 1 rings (SSSR count). The lowest BCUT2D eigenvalue weighted by molar-refractivity contribution is 0.228. The fraction of sp³-hybridized carbons (Fsp3) is 0.750. The Hall–Kier alpha value is -0.580. The Balaban J connectivity index is 2.27. The van der Waals surface area contributed by atoms with Gasteiger partial charge in [0.15, 0.2) is 0 Å². The van der Waals surface area contributed by atoms with Gasteiger partial charge in [-0.15, -0.1) is 0 Å². The summed E-state index contributed by atoms with van der Waals surface area (Å²) in [6.07, 6.45) is 2.11. The van der Waals surface area contributed by atoms with E-state index >= 15 is 0 Å². The average Bonchev–Trinajstić information content (AvgIpc) is 2.54. The summed E-state index contributed by atoms with van der Waals surface area (Å²) in [6.45, 7) is 5.91. The van der Waals surface area contributed by atoms with Crippen LogP contribution >= 0.6 is 11.6 Å². The first-order chi connectivity index (χ1) is 8.06. The van der Waals surface area contributed by atoms with Crippen molar-refractivity contribution in [2.24, 2.45) is 13.0 Å². The number of nitrogens with one attached hydrogen (secondary N) is 1. The van der Waals surface area contributed by atoms with Crippen LogP contribution in [0, 0.1) is 12.8 Å². The van der Waals surface area contributed by atoms with Crippen molar-refractivity contribution in [2.75, 3.05) is 13.2 Å². The van der Waals surface area contributed by atoms with Gasteiger partial charge in [-0.1, -0.05) is 18.5 Å². The van der Waals surface area contributed by atoms with Crippen LogP contribution in [0.25, 0.3) is 0 Å². The molecule has 0 aromatic carbocycles. The van der Waals surface area contributed by atoms with E-state index in [1.807, 2.05) is 18.7 Å². The Bertz CT molecular complexity index is 352. The van der Waals surface area contributed by atoms with E-state index in [0.29, 0.717) is 5.92 Å². The molecule has 0 aliphatic heterocycles. The predicted molar refractivity (Wildman–Crippen MR) is 70.1 cm³/mol. The highest BCUT2D eigenvalue weighted by Crippen LogP contribution is 2.18. The molecule has 0 radical (unpaired) electrons. The highest BCUT2D eigenvalue weighted by molar-refractivity contribution is 6.31. The van der Waals surface area contributed by atoms with E-state index in [9.17, 15) is 0 Å². The van der Waals surface area contributed by atoms with Gasteiger partial charge in [0, 0.05) is 20.2 Å². The topological polar surface area (TPSA) is 50.1 Å². The molecule has 0 spiro atoms. The van der Waals surface area contributed by atoms with Crippen molar-refractivity contribution in [3.05, 3.63) is 16.4 Å². The molecule has 1 aromatic rings. The van der Waals surface area contributed by atoms with Crippen LogP contribution in [0.2, 0.25) is 5.02 Å². The minimum Gasteiger partial charge on any atom is -0.396 e. The smallest absolute Gasteiger partial charge is 0.0860 e. The van der Waals surface area contributed by atoms with Gasteiger partial charge in [-0.3, -0.25) is 4.68 Å². The van der Waals surface area contributed by atoms with Gasteiger partial charge in [0.05, 0.1) is 16.4 Å². The van der Waals surface area contributed by atoms with Crippen LogP contribution < -0.4 is 5.32 Å². The van der Waals surface area contributed by atoms with Gasteiger partial charge in [-0.25, -0.2) is 0 Å². The second kappa shape index (κ2) is 6.99. The summed E-state index contributed by atoms with van der Waals surface area (Å²) in [5.74, 6) is 0.388. The molecule has 4 nitrogen and oxygen atoms in total.